The zero-order chi connectivity index (χ0) is 31.4. The number of hydrogen-bond donors (Lipinski definition) is 1. The Morgan fingerprint density at radius 3 is 1.89 bits per heavy atom. The molecule has 3 atom stereocenters. The van der Waals surface area contributed by atoms with Crippen LogP contribution in [0, 0.1) is 0 Å². The second kappa shape index (κ2) is 15.8. The van der Waals surface area contributed by atoms with E-state index in [0.29, 0.717) is 6.42 Å². The van der Waals surface area contributed by atoms with Crippen LogP contribution in [0.1, 0.15) is 23.1 Å². The summed E-state index contributed by atoms with van der Waals surface area (Å²) in [6.45, 7) is 7.41. The number of carbonyl (C=O) groups is 2. The van der Waals surface area contributed by atoms with E-state index in [1.807, 2.05) is 60.5 Å². The molecule has 0 radical (unpaired) electrons. The van der Waals surface area contributed by atoms with Gasteiger partial charge in [0.2, 0.25) is 0 Å². The molecule has 1 aliphatic heterocycles. The molecule has 1 fully saturated rings. The first-order valence-electron chi connectivity index (χ1n) is 14.2. The summed E-state index contributed by atoms with van der Waals surface area (Å²) in [5.74, 6) is 1.95. The highest BCUT2D eigenvalue weighted by Gasteiger charge is 2.47. The molecule has 0 aliphatic carbocycles. The van der Waals surface area contributed by atoms with Crippen molar-refractivity contribution >= 4 is 29.9 Å². The van der Waals surface area contributed by atoms with Crippen molar-refractivity contribution in [2.45, 2.75) is 28.7 Å². The Labute approximate surface area is 262 Å². The first-order valence-corrected chi connectivity index (χ1v) is 15.1. The maximum absolute atomic E-state index is 13.4. The molecule has 0 aromatic heterocycles. The summed E-state index contributed by atoms with van der Waals surface area (Å²) in [4.78, 5) is 39.7. The Bertz CT molecular complexity index is 1360. The summed E-state index contributed by atoms with van der Waals surface area (Å²) in [7, 11) is 1.35. The number of nitrogens with one attached hydrogen (secondary N) is 1. The molecule has 0 spiro atoms. The summed E-state index contributed by atoms with van der Waals surface area (Å²) in [5, 5.41) is 2.36. The summed E-state index contributed by atoms with van der Waals surface area (Å²) in [6.07, 6.45) is 0.675. The van der Waals surface area contributed by atoms with Gasteiger partial charge in [-0.2, -0.15) is 0 Å². The molecule has 44 heavy (non-hydrogen) atoms. The minimum atomic E-state index is -1.18. The number of ether oxygens (including phenoxy) is 3. The van der Waals surface area contributed by atoms with Crippen molar-refractivity contribution in [2.75, 3.05) is 26.9 Å². The quantitative estimate of drug-likeness (QED) is 0.108. The van der Waals surface area contributed by atoms with Gasteiger partial charge in [0.15, 0.2) is 6.23 Å². The first-order chi connectivity index (χ1) is 21.5. The first kappa shape index (κ1) is 32.4. The predicted molar refractivity (Wildman–Crippen MR) is 172 cm³/mol. The lowest BCUT2D eigenvalue weighted by molar-refractivity contribution is 0.0734. The van der Waals surface area contributed by atoms with Gasteiger partial charge in [0, 0.05) is 18.9 Å². The Morgan fingerprint density at radius 1 is 0.932 bits per heavy atom. The molecule has 228 valence electrons. The molecule has 1 aliphatic rings. The van der Waals surface area contributed by atoms with E-state index < -0.39 is 29.2 Å². The second-order valence-electron chi connectivity index (χ2n) is 9.99. The van der Waals surface area contributed by atoms with Crippen LogP contribution < -0.4 is 5.32 Å². The van der Waals surface area contributed by atoms with Crippen molar-refractivity contribution in [3.05, 3.63) is 139 Å². The van der Waals surface area contributed by atoms with Crippen molar-refractivity contribution < 1.29 is 28.6 Å². The molecule has 8 nitrogen and oxygen atoms in total. The Hall–Kier alpha value is -4.56. The fraction of sp³-hybridized carbons (Fsp3) is 0.257. The number of rotatable bonds is 13. The average molecular weight is 613 g/mol. The van der Waals surface area contributed by atoms with Gasteiger partial charge in [-0.1, -0.05) is 116 Å². The minimum Gasteiger partial charge on any atom is -0.445 e. The van der Waals surface area contributed by atoms with Crippen LogP contribution >= 0.6 is 11.8 Å². The summed E-state index contributed by atoms with van der Waals surface area (Å²) >= 11 is 1.70. The normalized spacial score (nSPS) is 16.7. The highest BCUT2D eigenvalue weighted by atomic mass is 32.2. The zero-order valence-electron chi connectivity index (χ0n) is 24.6. The van der Waals surface area contributed by atoms with Gasteiger partial charge in [-0.05, 0) is 23.1 Å². The van der Waals surface area contributed by atoms with Crippen LogP contribution in [0.15, 0.2) is 122 Å². The molecular formula is C35H36N2O6S. The second-order valence-corrected chi connectivity index (χ2v) is 11.5. The lowest BCUT2D eigenvalue weighted by Gasteiger charge is -2.37. The van der Waals surface area contributed by atoms with Crippen molar-refractivity contribution in [1.82, 2.24) is 10.2 Å². The standard InChI is InChI=1S/C35H36N2O6S/c1-4-21-42-33(39)36-32(41-3)30(25-38)31-23-29(24-37(31)34(40)43-22-5-2)44-35(26-15-9-6-10-16-26,27-17-11-7-12-18-27)28-19-13-8-14-20-28/h4-20,29,31-32H,1-2,21-24H2,3H3,(H,36,39). The third kappa shape index (κ3) is 7.32. The van der Waals surface area contributed by atoms with Gasteiger partial charge < -0.3 is 14.2 Å². The molecular weight excluding hydrogens is 576 g/mol. The number of likely N-dealkylation sites (tertiary alicyclic amines) is 1. The molecule has 9 heteroatoms. The number of thioether (sulfide) groups is 1. The lowest BCUT2D eigenvalue weighted by Crippen LogP contribution is -2.46. The maximum atomic E-state index is 13.4. The summed E-state index contributed by atoms with van der Waals surface area (Å²) in [6, 6.07) is 29.9. The molecule has 4 rings (SSSR count). The zero-order valence-corrected chi connectivity index (χ0v) is 25.4. The number of alkyl carbamates (subject to hydrolysis) is 1. The molecule has 1 saturated heterocycles. The largest absolute Gasteiger partial charge is 0.445 e. The van der Waals surface area contributed by atoms with Crippen molar-refractivity contribution in [3.63, 3.8) is 0 Å². The highest BCUT2D eigenvalue weighted by molar-refractivity contribution is 8.01. The van der Waals surface area contributed by atoms with E-state index in [-0.39, 0.29) is 30.6 Å². The van der Waals surface area contributed by atoms with E-state index in [2.05, 4.69) is 54.9 Å². The van der Waals surface area contributed by atoms with Gasteiger partial charge in [0.05, 0.1) is 16.4 Å². The highest BCUT2D eigenvalue weighted by Crippen LogP contribution is 2.52. The van der Waals surface area contributed by atoms with Gasteiger partial charge in [-0.25, -0.2) is 14.4 Å². The summed E-state index contributed by atoms with van der Waals surface area (Å²) in [5.41, 5.74) is 3.25. The van der Waals surface area contributed by atoms with E-state index in [0.717, 1.165) is 16.7 Å². The number of benzene rings is 3. The Balaban J connectivity index is 1.77. The SMILES string of the molecule is C=CCOC(=O)NC(OC)C(=C=O)C1CC(SC(c2ccccc2)(c2ccccc2)c2ccccc2)CN1C(=O)OCC=C. The maximum Gasteiger partial charge on any atom is 0.410 e. The Kier molecular flexibility index (Phi) is 11.6. The van der Waals surface area contributed by atoms with E-state index in [1.54, 1.807) is 11.8 Å². The Morgan fingerprint density at radius 2 is 1.43 bits per heavy atom. The van der Waals surface area contributed by atoms with Gasteiger partial charge >= 0.3 is 12.2 Å². The molecule has 1 heterocycles. The molecule has 0 saturated carbocycles. The number of carbonyl (C=O) groups excluding carboxylic acids is 3. The molecule has 3 unspecified atom stereocenters. The van der Waals surface area contributed by atoms with Gasteiger partial charge in [-0.15, -0.1) is 11.8 Å². The van der Waals surface area contributed by atoms with E-state index in [4.69, 9.17) is 14.2 Å². The molecule has 1 N–H and O–H groups in total. The van der Waals surface area contributed by atoms with Crippen molar-refractivity contribution in [3.8, 4) is 0 Å². The monoisotopic (exact) mass is 612 g/mol. The van der Waals surface area contributed by atoms with Crippen LogP contribution in [-0.2, 0) is 23.8 Å². The van der Waals surface area contributed by atoms with Crippen molar-refractivity contribution in [2.24, 2.45) is 0 Å². The van der Waals surface area contributed by atoms with E-state index >= 15 is 0 Å². The van der Waals surface area contributed by atoms with Crippen LogP contribution in [0.2, 0.25) is 0 Å². The molecule has 3 aromatic rings. The summed E-state index contributed by atoms with van der Waals surface area (Å²) < 4.78 is 15.3. The predicted octanol–water partition coefficient (Wildman–Crippen LogP) is 6.12. The third-order valence-corrected chi connectivity index (χ3v) is 9.02. The van der Waals surface area contributed by atoms with Crippen LogP contribution in [0.3, 0.4) is 0 Å². The van der Waals surface area contributed by atoms with Gasteiger partial charge in [0.1, 0.15) is 19.2 Å². The van der Waals surface area contributed by atoms with E-state index in [9.17, 15) is 14.4 Å². The third-order valence-electron chi connectivity index (χ3n) is 7.28. The van der Waals surface area contributed by atoms with Gasteiger partial charge in [-0.3, -0.25) is 10.2 Å². The van der Waals surface area contributed by atoms with Crippen LogP contribution in [-0.4, -0.2) is 67.4 Å². The molecule has 3 aromatic carbocycles. The fourth-order valence-electron chi connectivity index (χ4n) is 5.41. The van der Waals surface area contributed by atoms with Crippen LogP contribution in [0.4, 0.5) is 9.59 Å². The minimum absolute atomic E-state index is 0.00180. The smallest absolute Gasteiger partial charge is 0.410 e. The fourth-order valence-corrected chi connectivity index (χ4v) is 7.24. The van der Waals surface area contributed by atoms with Crippen LogP contribution in [0.25, 0.3) is 0 Å². The van der Waals surface area contributed by atoms with E-state index in [1.165, 1.54) is 24.2 Å². The molecule has 2 amide bonds. The van der Waals surface area contributed by atoms with Gasteiger partial charge in [0.25, 0.3) is 0 Å². The topological polar surface area (TPSA) is 94.2 Å². The van der Waals surface area contributed by atoms with Crippen LogP contribution in [0.5, 0.6) is 0 Å². The number of methoxy groups -OCH3 is 1. The number of hydrogen-bond acceptors (Lipinski definition) is 7. The lowest BCUT2D eigenvalue weighted by atomic mass is 9.84. The average Bonchev–Trinajstić information content (AvgIpc) is 3.49. The number of nitrogens with zero attached hydrogens (tertiary/aromatic N) is 1. The number of amides is 2. The molecule has 0 bridgehead atoms. The van der Waals surface area contributed by atoms with Crippen molar-refractivity contribution in [1.29, 1.82) is 0 Å².